The molecular formula is C21H23N3OS. The van der Waals surface area contributed by atoms with Crippen molar-refractivity contribution >= 4 is 22.7 Å². The standard InChI is InChI=1S/C21H23N3OS/c1-15-6-4-7-18(17(15)3)9-11-24-16(2)14-26-21(24)23-13-20(25)19-8-5-10-22-12-19/h4-8,10,12H,2,9,11,13-14H2,1,3H3. The molecule has 0 spiro atoms. The Morgan fingerprint density at radius 1 is 1.31 bits per heavy atom. The maximum Gasteiger partial charge on any atom is 0.185 e. The smallest absolute Gasteiger partial charge is 0.185 e. The van der Waals surface area contributed by atoms with Gasteiger partial charge in [0, 0.05) is 36.0 Å². The number of carbonyl (C=O) groups excluding carboxylic acids is 1. The molecule has 1 saturated heterocycles. The van der Waals surface area contributed by atoms with Crippen molar-refractivity contribution < 1.29 is 4.79 Å². The lowest BCUT2D eigenvalue weighted by Gasteiger charge is -2.20. The number of pyridine rings is 1. The zero-order valence-electron chi connectivity index (χ0n) is 15.2. The summed E-state index contributed by atoms with van der Waals surface area (Å²) in [6.45, 7) is 9.43. The Bertz CT molecular complexity index is 846. The van der Waals surface area contributed by atoms with Crippen molar-refractivity contribution in [2.45, 2.75) is 20.3 Å². The fraction of sp³-hybridized carbons (Fsp3) is 0.286. The van der Waals surface area contributed by atoms with Gasteiger partial charge >= 0.3 is 0 Å². The van der Waals surface area contributed by atoms with Gasteiger partial charge in [-0.1, -0.05) is 36.5 Å². The maximum absolute atomic E-state index is 12.3. The Hall–Kier alpha value is -2.40. The van der Waals surface area contributed by atoms with Gasteiger partial charge < -0.3 is 4.90 Å². The van der Waals surface area contributed by atoms with Gasteiger partial charge in [-0.3, -0.25) is 14.8 Å². The molecule has 5 heteroatoms. The van der Waals surface area contributed by atoms with E-state index in [1.807, 2.05) is 0 Å². The normalized spacial score (nSPS) is 15.7. The number of aryl methyl sites for hydroxylation is 1. The number of hydrogen-bond acceptors (Lipinski definition) is 4. The molecule has 0 aliphatic carbocycles. The number of Topliss-reactive ketones (excluding diaryl/α,β-unsaturated/α-hetero) is 1. The first-order valence-corrected chi connectivity index (χ1v) is 9.65. The predicted octanol–water partition coefficient (Wildman–Crippen LogP) is 4.04. The summed E-state index contributed by atoms with van der Waals surface area (Å²) in [5.41, 5.74) is 5.65. The van der Waals surface area contributed by atoms with Crippen LogP contribution < -0.4 is 0 Å². The van der Waals surface area contributed by atoms with Crippen molar-refractivity contribution in [3.05, 3.63) is 77.3 Å². The molecule has 1 aromatic heterocycles. The molecule has 0 atom stereocenters. The highest BCUT2D eigenvalue weighted by atomic mass is 32.2. The monoisotopic (exact) mass is 365 g/mol. The first-order valence-electron chi connectivity index (χ1n) is 8.67. The van der Waals surface area contributed by atoms with Crippen molar-refractivity contribution in [2.24, 2.45) is 4.99 Å². The molecule has 2 aromatic rings. The third kappa shape index (κ3) is 4.22. The van der Waals surface area contributed by atoms with Crippen molar-refractivity contribution in [3.63, 3.8) is 0 Å². The number of hydrogen-bond donors (Lipinski definition) is 0. The number of ketones is 1. The second-order valence-corrected chi connectivity index (χ2v) is 7.32. The molecule has 1 aliphatic heterocycles. The summed E-state index contributed by atoms with van der Waals surface area (Å²) in [7, 11) is 0. The summed E-state index contributed by atoms with van der Waals surface area (Å²) in [6, 6.07) is 9.96. The minimum atomic E-state index is -0.0156. The van der Waals surface area contributed by atoms with Gasteiger partial charge in [0.1, 0.15) is 6.54 Å². The van der Waals surface area contributed by atoms with Gasteiger partial charge in [-0.15, -0.1) is 0 Å². The third-order valence-electron chi connectivity index (χ3n) is 4.64. The molecule has 0 bridgehead atoms. The largest absolute Gasteiger partial charge is 0.324 e. The Morgan fingerprint density at radius 3 is 2.92 bits per heavy atom. The van der Waals surface area contributed by atoms with Crippen LogP contribution in [-0.4, -0.2) is 39.7 Å². The van der Waals surface area contributed by atoms with Crippen LogP contribution in [0.15, 0.2) is 60.0 Å². The van der Waals surface area contributed by atoms with E-state index in [0.717, 1.165) is 29.6 Å². The van der Waals surface area contributed by atoms with E-state index >= 15 is 0 Å². The van der Waals surface area contributed by atoms with Gasteiger partial charge in [-0.25, -0.2) is 0 Å². The number of aliphatic imine (C=N–C) groups is 1. The Kier molecular flexibility index (Phi) is 5.89. The van der Waals surface area contributed by atoms with Gasteiger partial charge in [0.05, 0.1) is 0 Å². The molecule has 3 rings (SSSR count). The molecule has 0 saturated carbocycles. The van der Waals surface area contributed by atoms with Crippen LogP contribution in [0.3, 0.4) is 0 Å². The average Bonchev–Trinajstić information content (AvgIpc) is 3.01. The van der Waals surface area contributed by atoms with Crippen molar-refractivity contribution in [3.8, 4) is 0 Å². The first kappa shape index (κ1) is 18.4. The van der Waals surface area contributed by atoms with Crippen molar-refractivity contribution in [1.29, 1.82) is 0 Å². The third-order valence-corrected chi connectivity index (χ3v) is 5.73. The quantitative estimate of drug-likeness (QED) is 0.725. The molecule has 1 aromatic carbocycles. The van der Waals surface area contributed by atoms with Gasteiger partial charge in [-0.2, -0.15) is 0 Å². The summed E-state index contributed by atoms with van der Waals surface area (Å²) in [6.07, 6.45) is 4.18. The van der Waals surface area contributed by atoms with E-state index in [1.54, 1.807) is 36.3 Å². The number of aromatic nitrogens is 1. The number of benzene rings is 1. The van der Waals surface area contributed by atoms with E-state index in [9.17, 15) is 4.79 Å². The number of carbonyl (C=O) groups is 1. The van der Waals surface area contributed by atoms with Crippen LogP contribution in [-0.2, 0) is 6.42 Å². The highest BCUT2D eigenvalue weighted by Gasteiger charge is 2.23. The van der Waals surface area contributed by atoms with E-state index in [0.29, 0.717) is 5.56 Å². The lowest BCUT2D eigenvalue weighted by molar-refractivity contribution is 0.100. The Morgan fingerprint density at radius 2 is 2.15 bits per heavy atom. The summed E-state index contributed by atoms with van der Waals surface area (Å²) >= 11 is 1.65. The van der Waals surface area contributed by atoms with Crippen LogP contribution in [0.2, 0.25) is 0 Å². The molecule has 1 fully saturated rings. The topological polar surface area (TPSA) is 45.6 Å². The maximum atomic E-state index is 12.3. The summed E-state index contributed by atoms with van der Waals surface area (Å²) in [4.78, 5) is 22.9. The molecule has 2 heterocycles. The Labute approximate surface area is 159 Å². The van der Waals surface area contributed by atoms with E-state index in [2.05, 4.69) is 53.5 Å². The second kappa shape index (κ2) is 8.32. The predicted molar refractivity (Wildman–Crippen MR) is 109 cm³/mol. The SMILES string of the molecule is C=C1CSC(=NCC(=O)c2cccnc2)N1CCc1cccc(C)c1C. The van der Waals surface area contributed by atoms with Crippen LogP contribution in [0.5, 0.6) is 0 Å². The molecule has 134 valence electrons. The van der Waals surface area contributed by atoms with Crippen molar-refractivity contribution in [2.75, 3.05) is 18.8 Å². The van der Waals surface area contributed by atoms with Crippen LogP contribution in [0.4, 0.5) is 0 Å². The molecule has 4 nitrogen and oxygen atoms in total. The van der Waals surface area contributed by atoms with Crippen molar-refractivity contribution in [1.82, 2.24) is 9.88 Å². The lowest BCUT2D eigenvalue weighted by Crippen LogP contribution is -2.26. The van der Waals surface area contributed by atoms with Gasteiger partial charge in [0.15, 0.2) is 11.0 Å². The van der Waals surface area contributed by atoms with Crippen LogP contribution in [0.1, 0.15) is 27.0 Å². The van der Waals surface area contributed by atoms with Crippen LogP contribution in [0, 0.1) is 13.8 Å². The molecular weight excluding hydrogens is 342 g/mol. The van der Waals surface area contributed by atoms with E-state index in [1.165, 1.54) is 16.7 Å². The van der Waals surface area contributed by atoms with E-state index in [4.69, 9.17) is 0 Å². The summed E-state index contributed by atoms with van der Waals surface area (Å²) in [5, 5.41) is 0.887. The molecule has 0 amide bonds. The number of amidine groups is 1. The number of nitrogens with zero attached hydrogens (tertiary/aromatic N) is 3. The molecule has 1 aliphatic rings. The second-order valence-electron chi connectivity index (χ2n) is 6.38. The van der Waals surface area contributed by atoms with E-state index < -0.39 is 0 Å². The molecule has 26 heavy (non-hydrogen) atoms. The minimum Gasteiger partial charge on any atom is -0.324 e. The number of thioether (sulfide) groups is 1. The summed E-state index contributed by atoms with van der Waals surface area (Å²) < 4.78 is 0. The molecule has 0 unspecified atom stereocenters. The number of rotatable bonds is 6. The summed E-state index contributed by atoms with van der Waals surface area (Å²) in [5.74, 6) is 0.811. The Balaban J connectivity index is 1.66. The highest BCUT2D eigenvalue weighted by Crippen LogP contribution is 2.26. The lowest BCUT2D eigenvalue weighted by atomic mass is 10.0. The van der Waals surface area contributed by atoms with E-state index in [-0.39, 0.29) is 12.3 Å². The average molecular weight is 366 g/mol. The fourth-order valence-electron chi connectivity index (χ4n) is 2.90. The zero-order valence-corrected chi connectivity index (χ0v) is 16.1. The van der Waals surface area contributed by atoms with Crippen LogP contribution >= 0.6 is 11.8 Å². The molecule has 0 N–H and O–H groups in total. The zero-order chi connectivity index (χ0) is 18.5. The van der Waals surface area contributed by atoms with Gasteiger partial charge in [-0.05, 0) is 49.1 Å². The van der Waals surface area contributed by atoms with Crippen LogP contribution in [0.25, 0.3) is 0 Å². The first-order chi connectivity index (χ1) is 12.6. The van der Waals surface area contributed by atoms with Gasteiger partial charge in [0.25, 0.3) is 0 Å². The highest BCUT2D eigenvalue weighted by molar-refractivity contribution is 8.14. The fourth-order valence-corrected chi connectivity index (χ4v) is 3.88. The van der Waals surface area contributed by atoms with Gasteiger partial charge in [0.2, 0.25) is 0 Å². The minimum absolute atomic E-state index is 0.0156. The molecule has 0 radical (unpaired) electrons.